The minimum absolute atomic E-state index is 0.0496. The third-order valence-electron chi connectivity index (χ3n) is 5.94. The molecule has 0 bridgehead atoms. The molecule has 0 radical (unpaired) electrons. The van der Waals surface area contributed by atoms with Crippen LogP contribution in [0.5, 0.6) is 0 Å². The summed E-state index contributed by atoms with van der Waals surface area (Å²) in [6.45, 7) is 10.3. The van der Waals surface area contributed by atoms with Crippen molar-refractivity contribution in [2.75, 3.05) is 32.7 Å². The molecule has 2 aliphatic heterocycles. The second kappa shape index (κ2) is 9.18. The van der Waals surface area contributed by atoms with Gasteiger partial charge in [-0.2, -0.15) is 0 Å². The monoisotopic (exact) mass is 369 g/mol. The molecule has 2 saturated heterocycles. The molecule has 2 heterocycles. The molecule has 0 saturated carbocycles. The first-order valence-corrected chi connectivity index (χ1v) is 10.1. The highest BCUT2D eigenvalue weighted by Crippen LogP contribution is 2.37. The molecule has 27 heavy (non-hydrogen) atoms. The molecule has 5 nitrogen and oxygen atoms in total. The van der Waals surface area contributed by atoms with E-state index in [0.29, 0.717) is 19.5 Å². The van der Waals surface area contributed by atoms with E-state index < -0.39 is 0 Å². The van der Waals surface area contributed by atoms with Gasteiger partial charge in [-0.15, -0.1) is 0 Å². The SMILES string of the molecule is C=CC(=O)N1CC[C@H](C(=O)NCCN2CCC(C)CC2)[C@H]1c1ccccc1. The Labute approximate surface area is 162 Å². The van der Waals surface area contributed by atoms with Crippen LogP contribution >= 0.6 is 0 Å². The topological polar surface area (TPSA) is 52.7 Å². The Morgan fingerprint density at radius 3 is 2.52 bits per heavy atom. The number of amides is 2. The Balaban J connectivity index is 1.60. The Bertz CT molecular complexity index is 653. The maximum atomic E-state index is 12.9. The van der Waals surface area contributed by atoms with E-state index in [1.165, 1.54) is 18.9 Å². The van der Waals surface area contributed by atoms with Crippen LogP contribution in [0, 0.1) is 11.8 Å². The molecule has 1 aromatic carbocycles. The van der Waals surface area contributed by atoms with Crippen LogP contribution in [0.25, 0.3) is 0 Å². The Morgan fingerprint density at radius 2 is 1.85 bits per heavy atom. The van der Waals surface area contributed by atoms with Gasteiger partial charge in [-0.05, 0) is 49.9 Å². The Morgan fingerprint density at radius 1 is 1.15 bits per heavy atom. The number of nitrogens with zero attached hydrogens (tertiary/aromatic N) is 2. The zero-order valence-corrected chi connectivity index (χ0v) is 16.3. The Kier molecular flexibility index (Phi) is 6.67. The third-order valence-corrected chi connectivity index (χ3v) is 5.94. The highest BCUT2D eigenvalue weighted by atomic mass is 16.2. The van der Waals surface area contributed by atoms with Crippen molar-refractivity contribution in [3.05, 3.63) is 48.6 Å². The zero-order valence-electron chi connectivity index (χ0n) is 16.3. The summed E-state index contributed by atoms with van der Waals surface area (Å²) in [6.07, 6.45) is 4.51. The van der Waals surface area contributed by atoms with Crippen LogP contribution in [0.4, 0.5) is 0 Å². The van der Waals surface area contributed by atoms with Crippen molar-refractivity contribution >= 4 is 11.8 Å². The zero-order chi connectivity index (χ0) is 19.2. The van der Waals surface area contributed by atoms with Crippen molar-refractivity contribution in [1.82, 2.24) is 15.1 Å². The molecule has 2 fully saturated rings. The molecule has 0 aliphatic carbocycles. The van der Waals surface area contributed by atoms with E-state index in [1.807, 2.05) is 30.3 Å². The lowest BCUT2D eigenvalue weighted by atomic mass is 9.92. The first-order chi connectivity index (χ1) is 13.1. The summed E-state index contributed by atoms with van der Waals surface area (Å²) in [5.41, 5.74) is 1.01. The number of piperidine rings is 1. The van der Waals surface area contributed by atoms with Gasteiger partial charge in [-0.25, -0.2) is 0 Å². The van der Waals surface area contributed by atoms with E-state index in [1.54, 1.807) is 4.90 Å². The lowest BCUT2D eigenvalue weighted by Crippen LogP contribution is -2.42. The van der Waals surface area contributed by atoms with Crippen LogP contribution in [0.15, 0.2) is 43.0 Å². The predicted molar refractivity (Wildman–Crippen MR) is 107 cm³/mol. The van der Waals surface area contributed by atoms with Gasteiger partial charge in [0.1, 0.15) is 0 Å². The van der Waals surface area contributed by atoms with Crippen LogP contribution in [0.2, 0.25) is 0 Å². The first kappa shape index (κ1) is 19.6. The van der Waals surface area contributed by atoms with Crippen molar-refractivity contribution < 1.29 is 9.59 Å². The number of benzene rings is 1. The molecule has 1 aromatic rings. The second-order valence-electron chi connectivity index (χ2n) is 7.80. The smallest absolute Gasteiger partial charge is 0.246 e. The van der Waals surface area contributed by atoms with Crippen LogP contribution in [0.1, 0.15) is 37.8 Å². The fourth-order valence-corrected chi connectivity index (χ4v) is 4.25. The van der Waals surface area contributed by atoms with E-state index in [9.17, 15) is 9.59 Å². The highest BCUT2D eigenvalue weighted by Gasteiger charge is 2.41. The van der Waals surface area contributed by atoms with Gasteiger partial charge in [0.05, 0.1) is 12.0 Å². The quantitative estimate of drug-likeness (QED) is 0.784. The number of hydrogen-bond acceptors (Lipinski definition) is 3. The van der Waals surface area contributed by atoms with Crippen molar-refractivity contribution in [2.24, 2.45) is 11.8 Å². The molecule has 5 heteroatoms. The fourth-order valence-electron chi connectivity index (χ4n) is 4.25. The van der Waals surface area contributed by atoms with E-state index in [-0.39, 0.29) is 23.8 Å². The molecule has 2 amide bonds. The number of likely N-dealkylation sites (tertiary alicyclic amines) is 2. The minimum Gasteiger partial charge on any atom is -0.354 e. The summed E-state index contributed by atoms with van der Waals surface area (Å²) in [4.78, 5) is 29.4. The third kappa shape index (κ3) is 4.78. The molecule has 2 atom stereocenters. The number of hydrogen-bond donors (Lipinski definition) is 1. The van der Waals surface area contributed by atoms with Crippen molar-refractivity contribution in [3.63, 3.8) is 0 Å². The van der Waals surface area contributed by atoms with Gasteiger partial charge < -0.3 is 15.1 Å². The summed E-state index contributed by atoms with van der Waals surface area (Å²) in [6, 6.07) is 9.63. The lowest BCUT2D eigenvalue weighted by Gasteiger charge is -2.30. The van der Waals surface area contributed by atoms with Gasteiger partial charge in [-0.1, -0.05) is 43.8 Å². The number of nitrogens with one attached hydrogen (secondary N) is 1. The van der Waals surface area contributed by atoms with E-state index in [2.05, 4.69) is 23.7 Å². The first-order valence-electron chi connectivity index (χ1n) is 10.1. The molecular formula is C22H31N3O2. The van der Waals surface area contributed by atoms with Crippen molar-refractivity contribution in [1.29, 1.82) is 0 Å². The average Bonchev–Trinajstić information content (AvgIpc) is 3.14. The normalized spacial score (nSPS) is 24.0. The molecule has 0 unspecified atom stereocenters. The predicted octanol–water partition coefficient (Wildman–Crippen LogP) is 2.61. The summed E-state index contributed by atoms with van der Waals surface area (Å²) in [5, 5.41) is 3.12. The maximum absolute atomic E-state index is 12.9. The second-order valence-corrected chi connectivity index (χ2v) is 7.80. The minimum atomic E-state index is -0.215. The van der Waals surface area contributed by atoms with Gasteiger partial charge in [0.25, 0.3) is 0 Å². The molecule has 0 spiro atoms. The van der Waals surface area contributed by atoms with Gasteiger partial charge >= 0.3 is 0 Å². The summed E-state index contributed by atoms with van der Waals surface area (Å²) >= 11 is 0. The molecule has 2 aliphatic rings. The molecule has 146 valence electrons. The van der Waals surface area contributed by atoms with E-state index in [4.69, 9.17) is 0 Å². The number of rotatable bonds is 6. The molecule has 1 N–H and O–H groups in total. The van der Waals surface area contributed by atoms with E-state index in [0.717, 1.165) is 31.1 Å². The van der Waals surface area contributed by atoms with Crippen LogP contribution < -0.4 is 5.32 Å². The van der Waals surface area contributed by atoms with Crippen LogP contribution in [0.3, 0.4) is 0 Å². The van der Waals surface area contributed by atoms with Gasteiger partial charge in [0, 0.05) is 19.6 Å². The highest BCUT2D eigenvalue weighted by molar-refractivity contribution is 5.89. The standard InChI is InChI=1S/C22H31N3O2/c1-3-20(26)25-15-11-19(21(25)18-7-5-4-6-8-18)22(27)23-12-16-24-13-9-17(2)10-14-24/h3-8,17,19,21H,1,9-16H2,2H3,(H,23,27)/t19-,21+/m0/s1. The summed E-state index contributed by atoms with van der Waals surface area (Å²) in [5.74, 6) is 0.544. The maximum Gasteiger partial charge on any atom is 0.246 e. The largest absolute Gasteiger partial charge is 0.354 e. The van der Waals surface area contributed by atoms with Gasteiger partial charge in [-0.3, -0.25) is 9.59 Å². The lowest BCUT2D eigenvalue weighted by molar-refractivity contribution is -0.129. The van der Waals surface area contributed by atoms with Crippen molar-refractivity contribution in [2.45, 2.75) is 32.2 Å². The van der Waals surface area contributed by atoms with E-state index >= 15 is 0 Å². The Hall–Kier alpha value is -2.14. The molecule has 0 aromatic heterocycles. The number of carbonyl (C=O) groups excluding carboxylic acids is 2. The average molecular weight is 370 g/mol. The molecule has 3 rings (SSSR count). The van der Waals surface area contributed by atoms with Crippen molar-refractivity contribution in [3.8, 4) is 0 Å². The summed E-state index contributed by atoms with van der Waals surface area (Å²) < 4.78 is 0. The van der Waals surface area contributed by atoms with Crippen LogP contribution in [-0.4, -0.2) is 54.3 Å². The summed E-state index contributed by atoms with van der Waals surface area (Å²) in [7, 11) is 0. The number of carbonyl (C=O) groups is 2. The van der Waals surface area contributed by atoms with Gasteiger partial charge in [0.15, 0.2) is 0 Å². The fraction of sp³-hybridized carbons (Fsp3) is 0.545. The van der Waals surface area contributed by atoms with Crippen LogP contribution in [-0.2, 0) is 9.59 Å². The van der Waals surface area contributed by atoms with Gasteiger partial charge in [0.2, 0.25) is 11.8 Å². The molecular weight excluding hydrogens is 338 g/mol.